The maximum atomic E-state index is 3.96. The van der Waals surface area contributed by atoms with Crippen LogP contribution in [0.15, 0.2) is 12.5 Å². The fraction of sp³-hybridized carbons (Fsp3) is 0.667. The van der Waals surface area contributed by atoms with Crippen molar-refractivity contribution in [1.29, 1.82) is 0 Å². The molecule has 1 aromatic rings. The maximum Gasteiger partial charge on any atom is 0.123 e. The Morgan fingerprint density at radius 1 is 1.36 bits per heavy atom. The Labute approximate surface area is 83.7 Å². The summed E-state index contributed by atoms with van der Waals surface area (Å²) in [4.78, 5) is 6.98. The van der Waals surface area contributed by atoms with Gasteiger partial charge in [0.05, 0.1) is 12.5 Å². The number of hydrogen-bond donors (Lipinski definition) is 4. The Balaban J connectivity index is 1.85. The lowest BCUT2D eigenvalue weighted by atomic mass is 9.97. The van der Waals surface area contributed by atoms with Gasteiger partial charge in [-0.3, -0.25) is 10.9 Å². The van der Waals surface area contributed by atoms with Crippen molar-refractivity contribution in [1.82, 2.24) is 20.8 Å². The normalized spacial score (nSPS) is 32.0. The van der Waals surface area contributed by atoms with E-state index in [1.807, 2.05) is 0 Å². The number of H-pyrrole nitrogens is 1. The van der Waals surface area contributed by atoms with Gasteiger partial charge in [0, 0.05) is 24.5 Å². The fourth-order valence-electron chi connectivity index (χ4n) is 1.84. The van der Waals surface area contributed by atoms with E-state index >= 15 is 0 Å². The van der Waals surface area contributed by atoms with Gasteiger partial charge in [0.15, 0.2) is 0 Å². The van der Waals surface area contributed by atoms with Crippen molar-refractivity contribution < 1.29 is 0 Å². The van der Waals surface area contributed by atoms with E-state index in [1.54, 1.807) is 12.5 Å². The fourth-order valence-corrected chi connectivity index (χ4v) is 1.84. The van der Waals surface area contributed by atoms with E-state index in [0.29, 0.717) is 18.0 Å². The number of hydrazine groups is 1. The highest BCUT2D eigenvalue weighted by atomic mass is 15.4. The van der Waals surface area contributed by atoms with Gasteiger partial charge in [-0.1, -0.05) is 0 Å². The SMILES string of the molecule is CC1NNC(C)C1CNc1cnc[nH]1. The van der Waals surface area contributed by atoms with Crippen LogP contribution in [-0.2, 0) is 0 Å². The molecule has 0 saturated carbocycles. The van der Waals surface area contributed by atoms with Crippen LogP contribution in [0.1, 0.15) is 13.8 Å². The molecule has 1 aromatic heterocycles. The molecule has 78 valence electrons. The summed E-state index contributed by atoms with van der Waals surface area (Å²) in [5.41, 5.74) is 6.47. The first-order valence-electron chi connectivity index (χ1n) is 5.00. The van der Waals surface area contributed by atoms with Crippen molar-refractivity contribution >= 4 is 5.82 Å². The average Bonchev–Trinajstić information content (AvgIpc) is 2.76. The highest BCUT2D eigenvalue weighted by Gasteiger charge is 2.29. The van der Waals surface area contributed by atoms with E-state index in [4.69, 9.17) is 0 Å². The van der Waals surface area contributed by atoms with Gasteiger partial charge in [-0.2, -0.15) is 0 Å². The molecular weight excluding hydrogens is 178 g/mol. The van der Waals surface area contributed by atoms with Gasteiger partial charge < -0.3 is 10.3 Å². The van der Waals surface area contributed by atoms with Crippen LogP contribution in [0, 0.1) is 5.92 Å². The molecule has 4 N–H and O–H groups in total. The molecule has 2 unspecified atom stereocenters. The summed E-state index contributed by atoms with van der Waals surface area (Å²) in [5, 5.41) is 3.33. The second-order valence-electron chi connectivity index (χ2n) is 3.88. The van der Waals surface area contributed by atoms with E-state index in [1.165, 1.54) is 0 Å². The first-order chi connectivity index (χ1) is 6.77. The summed E-state index contributed by atoms with van der Waals surface area (Å²) in [6.45, 7) is 5.33. The number of aromatic amines is 1. The molecule has 14 heavy (non-hydrogen) atoms. The number of nitrogens with one attached hydrogen (secondary N) is 4. The quantitative estimate of drug-likeness (QED) is 0.561. The zero-order valence-corrected chi connectivity index (χ0v) is 8.54. The molecule has 0 bridgehead atoms. The molecule has 0 aromatic carbocycles. The lowest BCUT2D eigenvalue weighted by Gasteiger charge is -2.18. The topological polar surface area (TPSA) is 64.8 Å². The van der Waals surface area contributed by atoms with E-state index in [-0.39, 0.29) is 0 Å². The van der Waals surface area contributed by atoms with Gasteiger partial charge in [-0.25, -0.2) is 4.98 Å². The number of anilines is 1. The number of rotatable bonds is 3. The van der Waals surface area contributed by atoms with Gasteiger partial charge in [0.25, 0.3) is 0 Å². The first-order valence-corrected chi connectivity index (χ1v) is 5.00. The van der Waals surface area contributed by atoms with E-state index in [2.05, 4.69) is 40.0 Å². The van der Waals surface area contributed by atoms with Crippen molar-refractivity contribution in [2.24, 2.45) is 5.92 Å². The molecule has 1 saturated heterocycles. The summed E-state index contributed by atoms with van der Waals surface area (Å²) in [5.74, 6) is 1.58. The van der Waals surface area contributed by atoms with Gasteiger partial charge >= 0.3 is 0 Å². The van der Waals surface area contributed by atoms with Crippen LogP contribution >= 0.6 is 0 Å². The van der Waals surface area contributed by atoms with Crippen molar-refractivity contribution in [2.75, 3.05) is 11.9 Å². The number of hydrogen-bond acceptors (Lipinski definition) is 4. The Kier molecular flexibility index (Phi) is 2.69. The Bertz CT molecular complexity index is 261. The minimum atomic E-state index is 0.500. The smallest absolute Gasteiger partial charge is 0.123 e. The molecular formula is C9H17N5. The molecule has 2 rings (SSSR count). The molecule has 2 heterocycles. The summed E-state index contributed by atoms with van der Waals surface area (Å²) < 4.78 is 0. The molecule has 1 fully saturated rings. The van der Waals surface area contributed by atoms with E-state index in [9.17, 15) is 0 Å². The minimum Gasteiger partial charge on any atom is -0.370 e. The molecule has 0 radical (unpaired) electrons. The summed E-state index contributed by atoms with van der Waals surface area (Å²) in [6.07, 6.45) is 3.48. The van der Waals surface area contributed by atoms with Crippen LogP contribution in [0.5, 0.6) is 0 Å². The second kappa shape index (κ2) is 3.98. The predicted molar refractivity (Wildman–Crippen MR) is 55.8 cm³/mol. The number of nitrogens with zero attached hydrogens (tertiary/aromatic N) is 1. The summed E-state index contributed by atoms with van der Waals surface area (Å²) in [7, 11) is 0. The van der Waals surface area contributed by atoms with E-state index < -0.39 is 0 Å². The first kappa shape index (κ1) is 9.48. The Morgan fingerprint density at radius 2 is 2.07 bits per heavy atom. The molecule has 0 aliphatic carbocycles. The summed E-state index contributed by atoms with van der Waals surface area (Å²) >= 11 is 0. The van der Waals surface area contributed by atoms with Crippen LogP contribution in [-0.4, -0.2) is 28.6 Å². The molecule has 1 aliphatic heterocycles. The van der Waals surface area contributed by atoms with Crippen LogP contribution in [0.3, 0.4) is 0 Å². The summed E-state index contributed by atoms with van der Waals surface area (Å²) in [6, 6.07) is 1.00. The molecule has 0 amide bonds. The third kappa shape index (κ3) is 1.88. The monoisotopic (exact) mass is 195 g/mol. The lowest BCUT2D eigenvalue weighted by Crippen LogP contribution is -2.30. The highest BCUT2D eigenvalue weighted by Crippen LogP contribution is 2.14. The molecule has 2 atom stereocenters. The average molecular weight is 195 g/mol. The largest absolute Gasteiger partial charge is 0.370 e. The van der Waals surface area contributed by atoms with Crippen LogP contribution in [0.4, 0.5) is 5.82 Å². The molecule has 1 aliphatic rings. The van der Waals surface area contributed by atoms with Crippen molar-refractivity contribution in [3.8, 4) is 0 Å². The number of aromatic nitrogens is 2. The van der Waals surface area contributed by atoms with Gasteiger partial charge in [0.2, 0.25) is 0 Å². The standard InChI is InChI=1S/C9H17N5/c1-6-8(7(2)14-13-6)3-11-9-4-10-5-12-9/h4-8,11,13-14H,3H2,1-2H3,(H,10,12). The maximum absolute atomic E-state index is 3.96. The Hall–Kier alpha value is -1.07. The third-order valence-electron chi connectivity index (χ3n) is 2.85. The minimum absolute atomic E-state index is 0.500. The third-order valence-corrected chi connectivity index (χ3v) is 2.85. The highest BCUT2D eigenvalue weighted by molar-refractivity contribution is 5.30. The molecule has 5 heteroatoms. The van der Waals surface area contributed by atoms with Crippen molar-refractivity contribution in [2.45, 2.75) is 25.9 Å². The van der Waals surface area contributed by atoms with Crippen molar-refractivity contribution in [3.63, 3.8) is 0 Å². The zero-order chi connectivity index (χ0) is 9.97. The van der Waals surface area contributed by atoms with Crippen LogP contribution in [0.2, 0.25) is 0 Å². The van der Waals surface area contributed by atoms with Crippen LogP contribution in [0.25, 0.3) is 0 Å². The van der Waals surface area contributed by atoms with Gasteiger partial charge in [-0.15, -0.1) is 0 Å². The van der Waals surface area contributed by atoms with Crippen molar-refractivity contribution in [3.05, 3.63) is 12.5 Å². The Morgan fingerprint density at radius 3 is 2.64 bits per heavy atom. The zero-order valence-electron chi connectivity index (χ0n) is 8.54. The lowest BCUT2D eigenvalue weighted by molar-refractivity contribution is 0.466. The van der Waals surface area contributed by atoms with Gasteiger partial charge in [-0.05, 0) is 13.8 Å². The predicted octanol–water partition coefficient (Wildman–Crippen LogP) is 0.323. The second-order valence-corrected chi connectivity index (χ2v) is 3.88. The van der Waals surface area contributed by atoms with E-state index in [0.717, 1.165) is 12.4 Å². The van der Waals surface area contributed by atoms with Crippen LogP contribution < -0.4 is 16.2 Å². The molecule has 0 spiro atoms. The number of imidazole rings is 1. The van der Waals surface area contributed by atoms with Gasteiger partial charge in [0.1, 0.15) is 5.82 Å². The molecule has 5 nitrogen and oxygen atoms in total.